The molecule has 10 heteroatoms. The Morgan fingerprint density at radius 2 is 1.76 bits per heavy atom. The van der Waals surface area contributed by atoms with Gasteiger partial charge in [-0.3, -0.25) is 9.59 Å². The van der Waals surface area contributed by atoms with Crippen molar-refractivity contribution in [2.24, 2.45) is 5.92 Å². The van der Waals surface area contributed by atoms with E-state index < -0.39 is 27.9 Å². The highest BCUT2D eigenvalue weighted by Crippen LogP contribution is 2.24. The Balaban J connectivity index is 1.68. The molecule has 3 rings (SSSR count). The highest BCUT2D eigenvalue weighted by Gasteiger charge is 2.29. The molecule has 0 aromatic heterocycles. The van der Waals surface area contributed by atoms with Crippen LogP contribution in [0.1, 0.15) is 19.4 Å². The fraction of sp³-hybridized carbons (Fsp3) is 0.417. The second kappa shape index (κ2) is 11.5. The average molecular weight is 490 g/mol. The fourth-order valence-electron chi connectivity index (χ4n) is 3.52. The molecule has 2 aromatic rings. The lowest BCUT2D eigenvalue weighted by Gasteiger charge is -2.27. The van der Waals surface area contributed by atoms with Crippen molar-refractivity contribution in [3.63, 3.8) is 0 Å². The van der Waals surface area contributed by atoms with Gasteiger partial charge in [-0.05, 0) is 42.7 Å². The van der Waals surface area contributed by atoms with Gasteiger partial charge in [0.25, 0.3) is 5.91 Å². The number of anilines is 1. The van der Waals surface area contributed by atoms with Gasteiger partial charge in [-0.25, -0.2) is 8.42 Å². The van der Waals surface area contributed by atoms with Gasteiger partial charge in [0.2, 0.25) is 15.9 Å². The zero-order chi connectivity index (χ0) is 24.7. The van der Waals surface area contributed by atoms with Gasteiger partial charge in [-0.15, -0.1) is 0 Å². The largest absolute Gasteiger partial charge is 0.484 e. The Hall–Kier alpha value is -2.95. The van der Waals surface area contributed by atoms with Crippen molar-refractivity contribution in [3.05, 3.63) is 54.1 Å². The molecule has 1 aliphatic heterocycles. The van der Waals surface area contributed by atoms with E-state index in [0.717, 1.165) is 0 Å². The summed E-state index contributed by atoms with van der Waals surface area (Å²) in [6.45, 7) is 6.36. The Morgan fingerprint density at radius 1 is 1.09 bits per heavy atom. The predicted molar refractivity (Wildman–Crippen MR) is 128 cm³/mol. The third-order valence-corrected chi connectivity index (χ3v) is 7.46. The van der Waals surface area contributed by atoms with Gasteiger partial charge in [0.1, 0.15) is 11.8 Å². The molecule has 1 saturated heterocycles. The van der Waals surface area contributed by atoms with Gasteiger partial charge in [0.15, 0.2) is 6.61 Å². The van der Waals surface area contributed by atoms with E-state index in [1.165, 1.54) is 10.4 Å². The number of morpholine rings is 1. The number of carbonyl (C=O) groups excluding carboxylic acids is 2. The first kappa shape index (κ1) is 25.7. The molecular formula is C24H31N3O6S. The minimum Gasteiger partial charge on any atom is -0.484 e. The summed E-state index contributed by atoms with van der Waals surface area (Å²) < 4.78 is 38.3. The van der Waals surface area contributed by atoms with E-state index in [0.29, 0.717) is 30.2 Å². The Morgan fingerprint density at radius 3 is 2.41 bits per heavy atom. The number of aryl methyl sites for hydroxylation is 1. The molecule has 1 fully saturated rings. The summed E-state index contributed by atoms with van der Waals surface area (Å²) >= 11 is 0. The van der Waals surface area contributed by atoms with Gasteiger partial charge in [0, 0.05) is 18.8 Å². The lowest BCUT2D eigenvalue weighted by molar-refractivity contribution is -0.128. The molecule has 2 N–H and O–H groups in total. The first-order valence-electron chi connectivity index (χ1n) is 11.1. The number of rotatable bonds is 9. The Kier molecular flexibility index (Phi) is 8.65. The summed E-state index contributed by atoms with van der Waals surface area (Å²) in [5.41, 5.74) is 0.916. The molecule has 2 amide bonds. The summed E-state index contributed by atoms with van der Waals surface area (Å²) in [6, 6.07) is 12.8. The normalized spacial score (nSPS) is 15.5. The quantitative estimate of drug-likeness (QED) is 0.558. The molecule has 184 valence electrons. The summed E-state index contributed by atoms with van der Waals surface area (Å²) in [5.74, 6) is -0.529. The lowest BCUT2D eigenvalue weighted by atomic mass is 10.0. The van der Waals surface area contributed by atoms with Crippen LogP contribution in [0.4, 0.5) is 5.69 Å². The molecule has 0 radical (unpaired) electrons. The van der Waals surface area contributed by atoms with Crippen LogP contribution in [0.15, 0.2) is 53.4 Å². The monoisotopic (exact) mass is 489 g/mol. The summed E-state index contributed by atoms with van der Waals surface area (Å²) in [5, 5.41) is 5.44. The summed E-state index contributed by atoms with van der Waals surface area (Å²) in [7, 11) is -3.72. The predicted octanol–water partition coefficient (Wildman–Crippen LogP) is 2.17. The number of ether oxygens (including phenoxy) is 2. The van der Waals surface area contributed by atoms with Crippen LogP contribution in [0.5, 0.6) is 5.75 Å². The molecule has 2 aromatic carbocycles. The third-order valence-electron chi connectivity index (χ3n) is 5.42. The minimum absolute atomic E-state index is 0.133. The van der Waals surface area contributed by atoms with E-state index in [2.05, 4.69) is 10.6 Å². The van der Waals surface area contributed by atoms with Gasteiger partial charge in [-0.2, -0.15) is 4.31 Å². The van der Waals surface area contributed by atoms with Gasteiger partial charge >= 0.3 is 0 Å². The Labute approximate surface area is 200 Å². The number of amides is 2. The van der Waals surface area contributed by atoms with Crippen molar-refractivity contribution in [1.82, 2.24) is 9.62 Å². The maximum Gasteiger partial charge on any atom is 0.258 e. The number of benzene rings is 2. The van der Waals surface area contributed by atoms with Crippen molar-refractivity contribution in [2.75, 3.05) is 38.2 Å². The summed E-state index contributed by atoms with van der Waals surface area (Å²) in [6.07, 6.45) is 0. The molecule has 0 saturated carbocycles. The zero-order valence-electron chi connectivity index (χ0n) is 19.6. The molecule has 0 bridgehead atoms. The minimum atomic E-state index is -3.72. The number of hydrogen-bond acceptors (Lipinski definition) is 6. The fourth-order valence-corrected chi connectivity index (χ4v) is 5.18. The zero-order valence-corrected chi connectivity index (χ0v) is 20.4. The topological polar surface area (TPSA) is 114 Å². The number of carbonyl (C=O) groups is 2. The number of nitrogens with one attached hydrogen (secondary N) is 2. The van der Waals surface area contributed by atoms with Crippen molar-refractivity contribution in [3.8, 4) is 5.75 Å². The molecule has 1 atom stereocenters. The average Bonchev–Trinajstić information content (AvgIpc) is 2.83. The molecule has 34 heavy (non-hydrogen) atoms. The van der Waals surface area contributed by atoms with Crippen LogP contribution in [-0.2, 0) is 24.3 Å². The van der Waals surface area contributed by atoms with E-state index in [1.54, 1.807) is 43.3 Å². The SMILES string of the molecule is Cc1ccc(NC(=O)[C@@H](NC(=O)COc2ccccc2)C(C)C)cc1S(=O)(=O)N1CCOCC1. The van der Waals surface area contributed by atoms with E-state index >= 15 is 0 Å². The standard InChI is InChI=1S/C24H31N3O6S/c1-17(2)23(26-22(28)16-33-20-7-5-4-6-8-20)24(29)25-19-10-9-18(3)21(15-19)34(30,31)27-11-13-32-14-12-27/h4-10,15,17,23H,11-14,16H2,1-3H3,(H,25,29)(H,26,28)/t23-/m0/s1. The Bertz CT molecular complexity index is 1100. The third kappa shape index (κ3) is 6.55. The molecule has 9 nitrogen and oxygen atoms in total. The van der Waals surface area contributed by atoms with E-state index in [4.69, 9.17) is 9.47 Å². The van der Waals surface area contributed by atoms with E-state index in [-0.39, 0.29) is 30.5 Å². The van der Waals surface area contributed by atoms with Crippen molar-refractivity contribution in [2.45, 2.75) is 31.7 Å². The lowest BCUT2D eigenvalue weighted by Crippen LogP contribution is -2.48. The van der Waals surface area contributed by atoms with Crippen LogP contribution < -0.4 is 15.4 Å². The number of hydrogen-bond donors (Lipinski definition) is 2. The maximum absolute atomic E-state index is 13.1. The van der Waals surface area contributed by atoms with Crippen LogP contribution in [-0.4, -0.2) is 63.5 Å². The first-order chi connectivity index (χ1) is 16.2. The smallest absolute Gasteiger partial charge is 0.258 e. The first-order valence-corrected chi connectivity index (χ1v) is 12.6. The molecular weight excluding hydrogens is 458 g/mol. The molecule has 0 aliphatic carbocycles. The van der Waals surface area contributed by atoms with Crippen molar-refractivity contribution in [1.29, 1.82) is 0 Å². The van der Waals surface area contributed by atoms with Gasteiger partial charge in [-0.1, -0.05) is 38.1 Å². The highest BCUT2D eigenvalue weighted by molar-refractivity contribution is 7.89. The number of nitrogens with zero attached hydrogens (tertiary/aromatic N) is 1. The molecule has 0 unspecified atom stereocenters. The van der Waals surface area contributed by atoms with Crippen LogP contribution in [0.2, 0.25) is 0 Å². The van der Waals surface area contributed by atoms with Gasteiger partial charge < -0.3 is 20.1 Å². The van der Waals surface area contributed by atoms with E-state index in [1.807, 2.05) is 19.9 Å². The van der Waals surface area contributed by atoms with Crippen LogP contribution in [0.25, 0.3) is 0 Å². The van der Waals surface area contributed by atoms with Crippen LogP contribution in [0.3, 0.4) is 0 Å². The number of sulfonamides is 1. The van der Waals surface area contributed by atoms with Crippen LogP contribution >= 0.6 is 0 Å². The summed E-state index contributed by atoms with van der Waals surface area (Å²) in [4.78, 5) is 25.5. The molecule has 1 aliphatic rings. The second-order valence-corrected chi connectivity index (χ2v) is 10.3. The molecule has 1 heterocycles. The van der Waals surface area contributed by atoms with Gasteiger partial charge in [0.05, 0.1) is 18.1 Å². The highest BCUT2D eigenvalue weighted by atomic mass is 32.2. The second-order valence-electron chi connectivity index (χ2n) is 8.38. The molecule has 0 spiro atoms. The van der Waals surface area contributed by atoms with Crippen LogP contribution in [0, 0.1) is 12.8 Å². The van der Waals surface area contributed by atoms with E-state index in [9.17, 15) is 18.0 Å². The number of para-hydroxylation sites is 1. The van der Waals surface area contributed by atoms with Crippen molar-refractivity contribution < 1.29 is 27.5 Å². The van der Waals surface area contributed by atoms with Crippen molar-refractivity contribution >= 4 is 27.5 Å². The maximum atomic E-state index is 13.1.